The van der Waals surface area contributed by atoms with Crippen LogP contribution in [0, 0.1) is 11.6 Å². The van der Waals surface area contributed by atoms with Crippen LogP contribution >= 0.6 is 11.6 Å². The van der Waals surface area contributed by atoms with Crippen LogP contribution in [-0.4, -0.2) is 73.8 Å². The number of nitrogens with one attached hydrogen (secondary N) is 3. The van der Waals surface area contributed by atoms with Crippen molar-refractivity contribution in [2.24, 2.45) is 0 Å². The Labute approximate surface area is 269 Å². The molecule has 0 aliphatic carbocycles. The number of amides is 3. The predicted molar refractivity (Wildman–Crippen MR) is 168 cm³/mol. The summed E-state index contributed by atoms with van der Waals surface area (Å²) >= 11 is 6.71. The summed E-state index contributed by atoms with van der Waals surface area (Å²) in [6.07, 6.45) is 1.85. The second kappa shape index (κ2) is 12.7. The zero-order valence-corrected chi connectivity index (χ0v) is 26.1. The SMILES string of the molecule is COc1cc(-c2cccc(-c3cccc(NC(=O)C4=CN(C)C5OC5N(C)C4=O)c3Cl)c2F)cc(F)c1CNC[C@@H]1CCC(=O)N1. The molecule has 3 amide bonds. The number of hydrogen-bond acceptors (Lipinski definition) is 7. The average molecular weight is 652 g/mol. The van der Waals surface area contributed by atoms with E-state index >= 15 is 8.78 Å². The maximum absolute atomic E-state index is 16.2. The lowest BCUT2D eigenvalue weighted by atomic mass is 9.96. The van der Waals surface area contributed by atoms with Gasteiger partial charge in [0.2, 0.25) is 5.91 Å². The molecule has 0 radical (unpaired) electrons. The molecule has 2 saturated heterocycles. The van der Waals surface area contributed by atoms with Crippen molar-refractivity contribution in [2.75, 3.05) is 33.1 Å². The lowest BCUT2D eigenvalue weighted by Crippen LogP contribution is -2.35. The van der Waals surface area contributed by atoms with Gasteiger partial charge in [-0.2, -0.15) is 0 Å². The summed E-state index contributed by atoms with van der Waals surface area (Å²) in [6, 6.07) is 12.2. The topological polar surface area (TPSA) is 116 Å². The van der Waals surface area contributed by atoms with Crippen molar-refractivity contribution in [3.63, 3.8) is 0 Å². The van der Waals surface area contributed by atoms with Gasteiger partial charge in [0, 0.05) is 68.1 Å². The number of nitrogens with zero attached hydrogens (tertiary/aromatic N) is 2. The average Bonchev–Trinajstić information content (AvgIpc) is 3.75. The van der Waals surface area contributed by atoms with E-state index in [1.165, 1.54) is 36.4 Å². The summed E-state index contributed by atoms with van der Waals surface area (Å²) in [7, 11) is 4.68. The van der Waals surface area contributed by atoms with Gasteiger partial charge < -0.3 is 35.2 Å². The fraction of sp³-hybridized carbons (Fsp3) is 0.303. The van der Waals surface area contributed by atoms with Gasteiger partial charge in [-0.3, -0.25) is 14.4 Å². The van der Waals surface area contributed by atoms with Crippen LogP contribution in [0.15, 0.2) is 60.3 Å². The Hall–Kier alpha value is -4.52. The molecular formula is C33H32ClF2N5O5. The molecule has 0 spiro atoms. The van der Waals surface area contributed by atoms with Crippen molar-refractivity contribution < 1.29 is 32.6 Å². The normalized spacial score (nSPS) is 20.6. The van der Waals surface area contributed by atoms with E-state index in [9.17, 15) is 14.4 Å². The lowest BCUT2D eigenvalue weighted by molar-refractivity contribution is -0.129. The Morgan fingerprint density at radius 3 is 2.57 bits per heavy atom. The van der Waals surface area contributed by atoms with Crippen LogP contribution in [0.2, 0.25) is 5.02 Å². The van der Waals surface area contributed by atoms with Crippen LogP contribution in [0.4, 0.5) is 14.5 Å². The minimum atomic E-state index is -0.677. The summed E-state index contributed by atoms with van der Waals surface area (Å²) in [5.74, 6) is -2.17. The molecular weight excluding hydrogens is 620 g/mol. The van der Waals surface area contributed by atoms with Crippen LogP contribution < -0.4 is 20.7 Å². The van der Waals surface area contributed by atoms with Gasteiger partial charge in [-0.05, 0) is 30.2 Å². The van der Waals surface area contributed by atoms with Gasteiger partial charge >= 0.3 is 0 Å². The maximum atomic E-state index is 16.2. The number of likely N-dealkylation sites (N-methyl/N-ethyl adjacent to an activating group) is 2. The molecule has 0 saturated carbocycles. The van der Waals surface area contributed by atoms with Gasteiger partial charge in [0.15, 0.2) is 12.5 Å². The number of fused-ring (bicyclic) bond motifs is 1. The molecule has 3 aromatic carbocycles. The molecule has 0 bridgehead atoms. The zero-order valence-electron chi connectivity index (χ0n) is 25.3. The van der Waals surface area contributed by atoms with Crippen LogP contribution in [-0.2, 0) is 25.7 Å². The standard InChI is InChI=1S/C33H32ClF2N5O5/c1-40-16-23(31(44)41(2)33-32(40)46-33)30(43)39-25-9-5-7-20(28(25)34)21-8-4-6-19(29(21)36)17-12-24(35)22(26(13-17)45-3)15-37-14-18-10-11-27(42)38-18/h4-9,12-13,16,18,32-33,37H,10-11,14-15H2,1-3H3,(H,38,42)(H,39,43)/t18-,32?,33?/m0/s1. The number of anilines is 1. The third kappa shape index (κ3) is 6.03. The minimum absolute atomic E-state index is 0.000962. The Morgan fingerprint density at radius 2 is 1.83 bits per heavy atom. The second-order valence-corrected chi connectivity index (χ2v) is 11.8. The van der Waals surface area contributed by atoms with E-state index in [1.54, 1.807) is 49.3 Å². The number of benzene rings is 3. The molecule has 3 aliphatic heterocycles. The molecule has 3 aromatic rings. The van der Waals surface area contributed by atoms with E-state index < -0.39 is 29.7 Å². The van der Waals surface area contributed by atoms with Crippen LogP contribution in [0.5, 0.6) is 5.75 Å². The van der Waals surface area contributed by atoms with Gasteiger partial charge in [0.25, 0.3) is 11.8 Å². The van der Waals surface area contributed by atoms with Gasteiger partial charge in [0.1, 0.15) is 23.0 Å². The number of rotatable bonds is 9. The smallest absolute Gasteiger partial charge is 0.262 e. The van der Waals surface area contributed by atoms with Crippen molar-refractivity contribution in [3.05, 3.63) is 82.5 Å². The van der Waals surface area contributed by atoms with E-state index in [2.05, 4.69) is 16.0 Å². The summed E-state index contributed by atoms with van der Waals surface area (Å²) in [5.41, 5.74) is 1.16. The third-order valence-electron chi connectivity index (χ3n) is 8.36. The summed E-state index contributed by atoms with van der Waals surface area (Å²) < 4.78 is 42.5. The van der Waals surface area contributed by atoms with E-state index in [1.807, 2.05) is 0 Å². The number of carbonyl (C=O) groups is 3. The summed E-state index contributed by atoms with van der Waals surface area (Å²) in [5, 5.41) is 8.75. The van der Waals surface area contributed by atoms with Crippen molar-refractivity contribution in [1.29, 1.82) is 0 Å². The molecule has 0 aromatic heterocycles. The first kappa shape index (κ1) is 31.5. The van der Waals surface area contributed by atoms with E-state index in [0.29, 0.717) is 19.4 Å². The highest BCUT2D eigenvalue weighted by atomic mass is 35.5. The molecule has 6 rings (SSSR count). The number of epoxide rings is 1. The van der Waals surface area contributed by atoms with Gasteiger partial charge in [-0.1, -0.05) is 41.9 Å². The highest BCUT2D eigenvalue weighted by Crippen LogP contribution is 2.40. The fourth-order valence-corrected chi connectivity index (χ4v) is 6.06. The molecule has 2 unspecified atom stereocenters. The third-order valence-corrected chi connectivity index (χ3v) is 8.76. The van der Waals surface area contributed by atoms with Crippen LogP contribution in [0.25, 0.3) is 22.3 Å². The highest BCUT2D eigenvalue weighted by molar-refractivity contribution is 6.37. The quantitative estimate of drug-likeness (QED) is 0.234. The number of hydrogen-bond donors (Lipinski definition) is 3. The largest absolute Gasteiger partial charge is 0.496 e. The Bertz CT molecular complexity index is 1770. The molecule has 10 nitrogen and oxygen atoms in total. The fourth-order valence-electron chi connectivity index (χ4n) is 5.78. The molecule has 3 N–H and O–H groups in total. The van der Waals surface area contributed by atoms with Crippen molar-refractivity contribution in [2.45, 2.75) is 37.9 Å². The van der Waals surface area contributed by atoms with Crippen molar-refractivity contribution >= 4 is 35.0 Å². The number of methoxy groups -OCH3 is 1. The van der Waals surface area contributed by atoms with Gasteiger partial charge in [-0.15, -0.1) is 0 Å². The number of ether oxygens (including phenoxy) is 2. The Balaban J connectivity index is 1.24. The van der Waals surface area contributed by atoms with Crippen LogP contribution in [0.3, 0.4) is 0 Å². The Kier molecular flexibility index (Phi) is 8.69. The molecule has 46 heavy (non-hydrogen) atoms. The first-order valence-corrected chi connectivity index (χ1v) is 15.1. The molecule has 2 fully saturated rings. The molecule has 13 heteroatoms. The molecule has 240 valence electrons. The highest BCUT2D eigenvalue weighted by Gasteiger charge is 2.50. The molecule has 3 heterocycles. The van der Waals surface area contributed by atoms with Gasteiger partial charge in [0.05, 0.1) is 17.8 Å². The minimum Gasteiger partial charge on any atom is -0.496 e. The van der Waals surface area contributed by atoms with E-state index in [0.717, 1.165) is 0 Å². The van der Waals surface area contributed by atoms with E-state index in [-0.39, 0.29) is 74.6 Å². The summed E-state index contributed by atoms with van der Waals surface area (Å²) in [4.78, 5) is 40.6. The maximum Gasteiger partial charge on any atom is 0.262 e. The zero-order chi connectivity index (χ0) is 32.7. The first-order valence-electron chi connectivity index (χ1n) is 14.7. The Morgan fingerprint density at radius 1 is 1.09 bits per heavy atom. The molecule has 3 aliphatic rings. The van der Waals surface area contributed by atoms with Gasteiger partial charge in [-0.25, -0.2) is 8.78 Å². The number of halogens is 3. The predicted octanol–water partition coefficient (Wildman–Crippen LogP) is 4.24. The first-order chi connectivity index (χ1) is 22.1. The summed E-state index contributed by atoms with van der Waals surface area (Å²) in [6.45, 7) is 0.632. The van der Waals surface area contributed by atoms with Crippen LogP contribution in [0.1, 0.15) is 18.4 Å². The number of carbonyl (C=O) groups excluding carboxylic acids is 3. The molecule has 3 atom stereocenters. The monoisotopic (exact) mass is 651 g/mol. The van der Waals surface area contributed by atoms with Crippen molar-refractivity contribution in [1.82, 2.24) is 20.4 Å². The lowest BCUT2D eigenvalue weighted by Gasteiger charge is -2.17. The second-order valence-electron chi connectivity index (χ2n) is 11.4. The van der Waals surface area contributed by atoms with Crippen molar-refractivity contribution in [3.8, 4) is 28.0 Å². The van der Waals surface area contributed by atoms with E-state index in [4.69, 9.17) is 21.1 Å².